The van der Waals surface area contributed by atoms with Gasteiger partial charge in [-0.25, -0.2) is 5.01 Å². The number of nitrogens with zero attached hydrogens (tertiary/aromatic N) is 3. The molecule has 28 heavy (non-hydrogen) atoms. The Morgan fingerprint density at radius 2 is 1.86 bits per heavy atom. The van der Waals surface area contributed by atoms with E-state index in [2.05, 4.69) is 32.0 Å². The van der Waals surface area contributed by atoms with Crippen LogP contribution >= 0.6 is 0 Å². The van der Waals surface area contributed by atoms with E-state index in [9.17, 15) is 9.59 Å². The van der Waals surface area contributed by atoms with Crippen LogP contribution in [0.2, 0.25) is 0 Å². The molecule has 2 aliphatic heterocycles. The quantitative estimate of drug-likeness (QED) is 0.786. The number of hydrogen-bond donors (Lipinski definition) is 0. The first-order valence-corrected chi connectivity index (χ1v) is 10.6. The molecule has 0 bridgehead atoms. The van der Waals surface area contributed by atoms with Crippen molar-refractivity contribution in [2.75, 3.05) is 18.5 Å². The van der Waals surface area contributed by atoms with Gasteiger partial charge in [-0.05, 0) is 61.3 Å². The molecule has 1 fully saturated rings. The highest BCUT2D eigenvalue weighted by Crippen LogP contribution is 2.52. The molecule has 1 atom stereocenters. The molecule has 1 saturated carbocycles. The predicted molar refractivity (Wildman–Crippen MR) is 112 cm³/mol. The topological polar surface area (TPSA) is 53.0 Å². The SMILES string of the molecule is CCN1C(=O)CCC2(CCC2)c2cc(C3=NN(C)C(=O)CC3(C)CC)ccc21. The number of carbonyl (C=O) groups excluding carboxylic acids is 2. The van der Waals surface area contributed by atoms with Crippen LogP contribution in [0.3, 0.4) is 0 Å². The number of hydrazone groups is 1. The van der Waals surface area contributed by atoms with Crippen LogP contribution in [0.25, 0.3) is 0 Å². The smallest absolute Gasteiger partial charge is 0.243 e. The first-order chi connectivity index (χ1) is 13.3. The van der Waals surface area contributed by atoms with Gasteiger partial charge in [0.05, 0.1) is 5.71 Å². The average molecular weight is 382 g/mol. The van der Waals surface area contributed by atoms with Crippen molar-refractivity contribution in [3.63, 3.8) is 0 Å². The van der Waals surface area contributed by atoms with Gasteiger partial charge in [-0.1, -0.05) is 26.3 Å². The fraction of sp³-hybridized carbons (Fsp3) is 0.609. The van der Waals surface area contributed by atoms with E-state index in [1.165, 1.54) is 17.0 Å². The number of anilines is 1. The van der Waals surface area contributed by atoms with Crippen molar-refractivity contribution in [2.24, 2.45) is 10.5 Å². The summed E-state index contributed by atoms with van der Waals surface area (Å²) in [5.74, 6) is 0.306. The Morgan fingerprint density at radius 3 is 2.46 bits per heavy atom. The molecule has 5 heteroatoms. The number of amides is 2. The second-order valence-electron chi connectivity index (χ2n) is 8.96. The van der Waals surface area contributed by atoms with Crippen LogP contribution in [-0.4, -0.2) is 36.1 Å². The van der Waals surface area contributed by atoms with Crippen molar-refractivity contribution < 1.29 is 9.59 Å². The molecule has 1 aromatic rings. The summed E-state index contributed by atoms with van der Waals surface area (Å²) in [6.07, 6.45) is 6.47. The highest BCUT2D eigenvalue weighted by atomic mass is 16.2. The number of fused-ring (bicyclic) bond motifs is 2. The summed E-state index contributed by atoms with van der Waals surface area (Å²) in [5.41, 5.74) is 4.35. The molecule has 3 aliphatic rings. The van der Waals surface area contributed by atoms with Crippen LogP contribution in [0, 0.1) is 5.41 Å². The van der Waals surface area contributed by atoms with E-state index in [1.807, 2.05) is 11.8 Å². The van der Waals surface area contributed by atoms with Gasteiger partial charge in [0.1, 0.15) is 0 Å². The minimum atomic E-state index is -0.254. The lowest BCUT2D eigenvalue weighted by atomic mass is 9.61. The van der Waals surface area contributed by atoms with Gasteiger partial charge in [0.2, 0.25) is 11.8 Å². The normalized spacial score (nSPS) is 26.6. The third-order valence-corrected chi connectivity index (χ3v) is 7.38. The zero-order chi connectivity index (χ0) is 20.1. The number of benzene rings is 1. The molecule has 150 valence electrons. The highest BCUT2D eigenvalue weighted by molar-refractivity contribution is 6.09. The van der Waals surface area contributed by atoms with Gasteiger partial charge in [0, 0.05) is 37.5 Å². The zero-order valence-electron chi connectivity index (χ0n) is 17.5. The summed E-state index contributed by atoms with van der Waals surface area (Å²) in [6.45, 7) is 7.02. The Morgan fingerprint density at radius 1 is 1.11 bits per heavy atom. The van der Waals surface area contributed by atoms with E-state index in [4.69, 9.17) is 5.10 Å². The molecule has 1 spiro atoms. The van der Waals surface area contributed by atoms with E-state index in [-0.39, 0.29) is 22.6 Å². The molecule has 0 aromatic heterocycles. The predicted octanol–water partition coefficient (Wildman–Crippen LogP) is 4.24. The van der Waals surface area contributed by atoms with Crippen molar-refractivity contribution >= 4 is 23.2 Å². The lowest BCUT2D eigenvalue weighted by Crippen LogP contribution is -2.42. The molecule has 0 N–H and O–H groups in total. The van der Waals surface area contributed by atoms with Crippen LogP contribution < -0.4 is 4.90 Å². The van der Waals surface area contributed by atoms with Gasteiger partial charge in [0.15, 0.2) is 0 Å². The van der Waals surface area contributed by atoms with Crippen LogP contribution in [0.15, 0.2) is 23.3 Å². The van der Waals surface area contributed by atoms with E-state index in [0.717, 1.165) is 42.6 Å². The van der Waals surface area contributed by atoms with Crippen LogP contribution in [0.5, 0.6) is 0 Å². The molecule has 0 saturated heterocycles. The summed E-state index contributed by atoms with van der Waals surface area (Å²) in [4.78, 5) is 26.9. The van der Waals surface area contributed by atoms with E-state index in [0.29, 0.717) is 19.4 Å². The van der Waals surface area contributed by atoms with Gasteiger partial charge >= 0.3 is 0 Å². The standard InChI is InChI=1S/C23H31N3O2/c1-5-22(3)15-20(28)25(4)24-21(22)16-8-9-18-17(14-16)23(11-7-12-23)13-10-19(27)26(18)6-2/h8-9,14H,5-7,10-13,15H2,1-4H3. The van der Waals surface area contributed by atoms with Crippen molar-refractivity contribution in [1.29, 1.82) is 0 Å². The fourth-order valence-electron chi connectivity index (χ4n) is 5.12. The molecule has 1 aromatic carbocycles. The molecular weight excluding hydrogens is 350 g/mol. The molecule has 2 amide bonds. The molecule has 5 nitrogen and oxygen atoms in total. The third-order valence-electron chi connectivity index (χ3n) is 7.38. The van der Waals surface area contributed by atoms with Crippen LogP contribution in [0.4, 0.5) is 5.69 Å². The lowest BCUT2D eigenvalue weighted by Gasteiger charge is -2.43. The monoisotopic (exact) mass is 381 g/mol. The molecule has 1 unspecified atom stereocenters. The minimum absolute atomic E-state index is 0.0704. The average Bonchev–Trinajstić information content (AvgIpc) is 2.77. The molecular formula is C23H31N3O2. The maximum Gasteiger partial charge on any atom is 0.243 e. The number of hydrogen-bond acceptors (Lipinski definition) is 3. The first-order valence-electron chi connectivity index (χ1n) is 10.6. The van der Waals surface area contributed by atoms with Gasteiger partial charge < -0.3 is 4.90 Å². The Hall–Kier alpha value is -2.17. The van der Waals surface area contributed by atoms with Gasteiger partial charge in [-0.2, -0.15) is 5.10 Å². The van der Waals surface area contributed by atoms with E-state index >= 15 is 0 Å². The summed E-state index contributed by atoms with van der Waals surface area (Å²) >= 11 is 0. The van der Waals surface area contributed by atoms with Crippen LogP contribution in [0.1, 0.15) is 76.8 Å². The molecule has 0 radical (unpaired) electrons. The van der Waals surface area contributed by atoms with E-state index < -0.39 is 0 Å². The van der Waals surface area contributed by atoms with Crippen molar-refractivity contribution in [2.45, 2.75) is 71.1 Å². The second-order valence-corrected chi connectivity index (χ2v) is 8.96. The number of rotatable bonds is 3. The Bertz CT molecular complexity index is 855. The van der Waals surface area contributed by atoms with Crippen molar-refractivity contribution in [3.05, 3.63) is 29.3 Å². The lowest BCUT2D eigenvalue weighted by molar-refractivity contribution is -0.132. The third kappa shape index (κ3) is 2.78. The fourth-order valence-corrected chi connectivity index (χ4v) is 5.12. The first kappa shape index (κ1) is 19.2. The van der Waals surface area contributed by atoms with Crippen molar-refractivity contribution in [1.82, 2.24) is 5.01 Å². The molecule has 4 rings (SSSR count). The van der Waals surface area contributed by atoms with Crippen LogP contribution in [-0.2, 0) is 15.0 Å². The minimum Gasteiger partial charge on any atom is -0.312 e. The summed E-state index contributed by atoms with van der Waals surface area (Å²) in [6, 6.07) is 6.50. The maximum absolute atomic E-state index is 12.7. The molecule has 1 aliphatic carbocycles. The largest absolute Gasteiger partial charge is 0.312 e. The Labute approximate surface area is 167 Å². The summed E-state index contributed by atoms with van der Waals surface area (Å²) < 4.78 is 0. The summed E-state index contributed by atoms with van der Waals surface area (Å²) in [7, 11) is 1.74. The summed E-state index contributed by atoms with van der Waals surface area (Å²) in [5, 5.41) is 6.18. The zero-order valence-corrected chi connectivity index (χ0v) is 17.5. The van der Waals surface area contributed by atoms with E-state index in [1.54, 1.807) is 7.05 Å². The Balaban J connectivity index is 1.86. The van der Waals surface area contributed by atoms with Gasteiger partial charge in [-0.15, -0.1) is 0 Å². The second kappa shape index (κ2) is 6.71. The van der Waals surface area contributed by atoms with Crippen molar-refractivity contribution in [3.8, 4) is 0 Å². The molecule has 2 heterocycles. The Kier molecular flexibility index (Phi) is 4.59. The maximum atomic E-state index is 12.7. The number of carbonyl (C=O) groups is 2. The van der Waals surface area contributed by atoms with Gasteiger partial charge in [-0.3, -0.25) is 9.59 Å². The van der Waals surface area contributed by atoms with Gasteiger partial charge in [0.25, 0.3) is 0 Å². The highest BCUT2D eigenvalue weighted by Gasteiger charge is 2.45.